The topological polar surface area (TPSA) is 86.0 Å². The molecule has 0 unspecified atom stereocenters. The van der Waals surface area contributed by atoms with E-state index in [2.05, 4.69) is 28.8 Å². The minimum Gasteiger partial charge on any atom is -0.490 e. The predicted octanol–water partition coefficient (Wildman–Crippen LogP) is 5.95. The van der Waals surface area contributed by atoms with Crippen LogP contribution in [0.15, 0.2) is 48.5 Å². The Morgan fingerprint density at radius 2 is 1.58 bits per heavy atom. The number of amides is 1. The Morgan fingerprint density at radius 1 is 0.921 bits per heavy atom. The Balaban J connectivity index is 0.000000937. The molecule has 0 spiro atoms. The van der Waals surface area contributed by atoms with E-state index in [0.29, 0.717) is 38.1 Å². The lowest BCUT2D eigenvalue weighted by atomic mass is 9.92. The number of hydrogen-bond acceptors (Lipinski definition) is 6. The maximum atomic E-state index is 12.4. The van der Waals surface area contributed by atoms with Crippen molar-refractivity contribution in [3.63, 3.8) is 0 Å². The third kappa shape index (κ3) is 5.95. The largest absolute Gasteiger partial charge is 0.490 e. The molecule has 1 amide bonds. The van der Waals surface area contributed by atoms with E-state index in [-0.39, 0.29) is 12.2 Å². The summed E-state index contributed by atoms with van der Waals surface area (Å²) >= 11 is 0. The van der Waals surface area contributed by atoms with Gasteiger partial charge < -0.3 is 28.4 Å². The second kappa shape index (κ2) is 12.3. The van der Waals surface area contributed by atoms with Crippen molar-refractivity contribution in [3.05, 3.63) is 48.5 Å². The molecule has 38 heavy (non-hydrogen) atoms. The summed E-state index contributed by atoms with van der Waals surface area (Å²) in [6.07, 6.45) is 5.43. The number of rotatable bonds is 5. The highest BCUT2D eigenvalue weighted by Gasteiger charge is 2.25. The average Bonchev–Trinajstić information content (AvgIpc) is 3.28. The number of ether oxygens (including phenoxy) is 4. The molecule has 2 saturated heterocycles. The lowest BCUT2D eigenvalue weighted by molar-refractivity contribution is 0.0256. The van der Waals surface area contributed by atoms with Crippen LogP contribution in [0.5, 0.6) is 11.5 Å². The first-order chi connectivity index (χ1) is 18.7. The molecule has 8 nitrogen and oxygen atoms in total. The second-order valence-corrected chi connectivity index (χ2v) is 9.85. The van der Waals surface area contributed by atoms with Gasteiger partial charge in [0.2, 0.25) is 0 Å². The molecule has 0 radical (unpaired) electrons. The number of fused-ring (bicyclic) bond motifs is 1. The number of carbonyl (C=O) groups is 1. The van der Waals surface area contributed by atoms with Crippen molar-refractivity contribution in [1.29, 1.82) is 5.26 Å². The van der Waals surface area contributed by atoms with E-state index >= 15 is 0 Å². The Hall–Kier alpha value is -3.54. The smallest absolute Gasteiger partial charge is 0.415 e. The van der Waals surface area contributed by atoms with Crippen molar-refractivity contribution in [2.24, 2.45) is 0 Å². The fraction of sp³-hybridized carbons (Fsp3) is 0.467. The normalized spacial score (nSPS) is 18.2. The van der Waals surface area contributed by atoms with Crippen molar-refractivity contribution < 1.29 is 23.7 Å². The van der Waals surface area contributed by atoms with Gasteiger partial charge in [-0.25, -0.2) is 4.79 Å². The maximum absolute atomic E-state index is 12.4. The van der Waals surface area contributed by atoms with Crippen molar-refractivity contribution in [2.45, 2.75) is 51.2 Å². The third-order valence-electron chi connectivity index (χ3n) is 7.35. The van der Waals surface area contributed by atoms with Crippen LogP contribution in [0.3, 0.4) is 0 Å². The molecular formula is C30H35N3O5. The molecule has 1 aromatic heterocycles. The number of morpholine rings is 1. The monoisotopic (exact) mass is 517 g/mol. The Bertz CT molecular complexity index is 1260. The van der Waals surface area contributed by atoms with E-state index < -0.39 is 0 Å². The first kappa shape index (κ1) is 26.1. The summed E-state index contributed by atoms with van der Waals surface area (Å²) < 4.78 is 25.2. The summed E-state index contributed by atoms with van der Waals surface area (Å²) in [7, 11) is 0. The zero-order valence-corrected chi connectivity index (χ0v) is 21.9. The quantitative estimate of drug-likeness (QED) is 0.416. The van der Waals surface area contributed by atoms with Crippen LogP contribution in [0.2, 0.25) is 0 Å². The number of nitrogens with zero attached hydrogens (tertiary/aromatic N) is 3. The molecule has 1 aliphatic carbocycles. The summed E-state index contributed by atoms with van der Waals surface area (Å²) in [4.78, 5) is 14.1. The van der Waals surface area contributed by atoms with Crippen LogP contribution in [0.25, 0.3) is 22.2 Å². The van der Waals surface area contributed by atoms with Gasteiger partial charge in [0.1, 0.15) is 17.6 Å². The maximum Gasteiger partial charge on any atom is 0.415 e. The summed E-state index contributed by atoms with van der Waals surface area (Å²) in [5.74, 6) is 1.49. The van der Waals surface area contributed by atoms with Crippen LogP contribution >= 0.6 is 0 Å². The number of hydrogen-bond donors (Lipinski definition) is 0. The molecule has 3 aliphatic rings. The van der Waals surface area contributed by atoms with E-state index in [1.165, 1.54) is 42.8 Å². The highest BCUT2D eigenvalue weighted by Crippen LogP contribution is 2.41. The number of nitriles is 1. The van der Waals surface area contributed by atoms with Gasteiger partial charge in [-0.05, 0) is 67.3 Å². The minimum atomic E-state index is -0.318. The predicted molar refractivity (Wildman–Crippen MR) is 144 cm³/mol. The molecule has 2 aromatic carbocycles. The molecule has 2 aliphatic heterocycles. The van der Waals surface area contributed by atoms with Crippen molar-refractivity contribution >= 4 is 17.0 Å². The van der Waals surface area contributed by atoms with E-state index in [1.54, 1.807) is 11.0 Å². The fourth-order valence-corrected chi connectivity index (χ4v) is 5.13. The molecule has 6 rings (SSSR count). The molecule has 1 saturated carbocycles. The summed E-state index contributed by atoms with van der Waals surface area (Å²) in [5, 5.41) is 8.54. The Morgan fingerprint density at radius 3 is 2.24 bits per heavy atom. The highest BCUT2D eigenvalue weighted by molar-refractivity contribution is 5.88. The fourth-order valence-electron chi connectivity index (χ4n) is 5.13. The van der Waals surface area contributed by atoms with E-state index in [9.17, 15) is 4.79 Å². The molecule has 0 bridgehead atoms. The molecule has 0 N–H and O–H groups in total. The van der Waals surface area contributed by atoms with Crippen molar-refractivity contribution in [1.82, 2.24) is 9.47 Å². The first-order valence-corrected chi connectivity index (χ1v) is 13.5. The van der Waals surface area contributed by atoms with E-state index in [1.807, 2.05) is 24.3 Å². The van der Waals surface area contributed by atoms with Gasteiger partial charge in [0, 0.05) is 56.0 Å². The van der Waals surface area contributed by atoms with Crippen LogP contribution in [-0.2, 0) is 9.47 Å². The zero-order valence-electron chi connectivity index (χ0n) is 21.9. The molecule has 3 heterocycles. The summed E-state index contributed by atoms with van der Waals surface area (Å²) in [6, 6.07) is 18.8. The Labute approximate surface area is 223 Å². The van der Waals surface area contributed by atoms with Gasteiger partial charge in [0.05, 0.1) is 38.0 Å². The number of carbonyl (C=O) groups excluding carboxylic acids is 1. The zero-order chi connectivity index (χ0) is 26.3. The first-order valence-electron chi connectivity index (χ1n) is 13.5. The molecule has 3 aromatic rings. The number of benzene rings is 2. The molecule has 8 heteroatoms. The highest BCUT2D eigenvalue weighted by atomic mass is 16.6. The summed E-state index contributed by atoms with van der Waals surface area (Å²) in [5.41, 5.74) is 3.53. The molecule has 0 atom stereocenters. The Kier molecular flexibility index (Phi) is 8.47. The van der Waals surface area contributed by atoms with Crippen LogP contribution in [0.4, 0.5) is 4.79 Å². The SMILES string of the molecule is CC#N.O=C(Oc1ccc(-c2cc3ccc(OC4CCOCC4)cc3n2C2CCC2)cc1)N1CCOCC1. The van der Waals surface area contributed by atoms with Gasteiger partial charge >= 0.3 is 6.09 Å². The van der Waals surface area contributed by atoms with E-state index in [0.717, 1.165) is 37.4 Å². The van der Waals surface area contributed by atoms with Gasteiger partial charge in [-0.1, -0.05) is 0 Å². The average molecular weight is 518 g/mol. The van der Waals surface area contributed by atoms with Gasteiger partial charge in [-0.2, -0.15) is 5.26 Å². The molecule has 200 valence electrons. The third-order valence-corrected chi connectivity index (χ3v) is 7.35. The molecule has 3 fully saturated rings. The summed E-state index contributed by atoms with van der Waals surface area (Å²) in [6.45, 7) is 5.22. The van der Waals surface area contributed by atoms with Crippen LogP contribution in [-0.4, -0.2) is 61.2 Å². The van der Waals surface area contributed by atoms with Crippen molar-refractivity contribution in [2.75, 3.05) is 39.5 Å². The number of aromatic nitrogens is 1. The van der Waals surface area contributed by atoms with Gasteiger partial charge in [0.15, 0.2) is 0 Å². The van der Waals surface area contributed by atoms with E-state index in [4.69, 9.17) is 24.2 Å². The van der Waals surface area contributed by atoms with Crippen LogP contribution in [0, 0.1) is 11.3 Å². The van der Waals surface area contributed by atoms with Gasteiger partial charge in [0.25, 0.3) is 0 Å². The van der Waals surface area contributed by atoms with Crippen molar-refractivity contribution in [3.8, 4) is 28.8 Å². The van der Waals surface area contributed by atoms with Crippen LogP contribution in [0.1, 0.15) is 45.1 Å². The lowest BCUT2D eigenvalue weighted by Gasteiger charge is -2.30. The standard InChI is InChI=1S/C28H32N2O5.C2H3N/c31-28(29-12-16-33-17-13-29)35-23-7-4-20(5-8-23)26-18-21-6-9-25(34-24-10-14-32-15-11-24)19-27(21)30(26)22-2-1-3-22;1-2-3/h4-9,18-19,22,24H,1-3,10-17H2;1H3. The molecular weight excluding hydrogens is 482 g/mol. The van der Waals surface area contributed by atoms with Gasteiger partial charge in [-0.15, -0.1) is 0 Å². The van der Waals surface area contributed by atoms with Gasteiger partial charge in [-0.3, -0.25) is 0 Å². The minimum absolute atomic E-state index is 0.223. The lowest BCUT2D eigenvalue weighted by Crippen LogP contribution is -2.42. The second-order valence-electron chi connectivity index (χ2n) is 9.85. The van der Waals surface area contributed by atoms with Crippen LogP contribution < -0.4 is 9.47 Å².